The first-order chi connectivity index (χ1) is 17.1. The first kappa shape index (κ1) is 23.6. The molecule has 3 aromatic carbocycles. The van der Waals surface area contributed by atoms with E-state index in [-0.39, 0.29) is 11.5 Å². The Balaban J connectivity index is 1.73. The van der Waals surface area contributed by atoms with Gasteiger partial charge in [0, 0.05) is 17.2 Å². The van der Waals surface area contributed by atoms with E-state index in [0.29, 0.717) is 40.2 Å². The van der Waals surface area contributed by atoms with Gasteiger partial charge in [0.15, 0.2) is 17.1 Å². The van der Waals surface area contributed by atoms with Gasteiger partial charge in [-0.15, -0.1) is 0 Å². The number of para-hydroxylation sites is 1. The van der Waals surface area contributed by atoms with Crippen LogP contribution in [0, 0.1) is 17.2 Å². The van der Waals surface area contributed by atoms with E-state index in [4.69, 9.17) is 18.6 Å². The maximum Gasteiger partial charge on any atom is 0.228 e. The van der Waals surface area contributed by atoms with E-state index in [1.54, 1.807) is 49.7 Å². The molecule has 0 saturated carbocycles. The highest BCUT2D eigenvalue weighted by Gasteiger charge is 2.23. The van der Waals surface area contributed by atoms with Crippen LogP contribution in [0.1, 0.15) is 21.7 Å². The minimum atomic E-state index is -0.507. The molecule has 0 N–H and O–H groups in total. The molecule has 0 saturated heterocycles. The zero-order valence-corrected chi connectivity index (χ0v) is 19.6. The molecule has 35 heavy (non-hydrogen) atoms. The number of benzene rings is 3. The van der Waals surface area contributed by atoms with Crippen molar-refractivity contribution in [3.05, 3.63) is 83.6 Å². The van der Waals surface area contributed by atoms with Gasteiger partial charge in [0.2, 0.25) is 11.5 Å². The minimum absolute atomic E-state index is 0.157. The molecular weight excluding hydrogens is 444 g/mol. The maximum atomic E-state index is 13.1. The summed E-state index contributed by atoms with van der Waals surface area (Å²) in [5, 5.41) is 10.4. The predicted molar refractivity (Wildman–Crippen MR) is 133 cm³/mol. The van der Waals surface area contributed by atoms with Gasteiger partial charge in [-0.3, -0.25) is 9.79 Å². The van der Waals surface area contributed by atoms with E-state index in [2.05, 4.69) is 11.1 Å². The van der Waals surface area contributed by atoms with Gasteiger partial charge in [-0.2, -0.15) is 5.26 Å². The molecule has 7 nitrogen and oxygen atoms in total. The van der Waals surface area contributed by atoms with Crippen molar-refractivity contribution >= 4 is 28.7 Å². The van der Waals surface area contributed by atoms with Gasteiger partial charge in [-0.05, 0) is 60.5 Å². The van der Waals surface area contributed by atoms with Gasteiger partial charge in [-0.1, -0.05) is 18.2 Å². The third-order valence-corrected chi connectivity index (χ3v) is 5.58. The molecule has 0 radical (unpaired) electrons. The highest BCUT2D eigenvalue weighted by molar-refractivity contribution is 6.09. The molecule has 4 rings (SSSR count). The van der Waals surface area contributed by atoms with Crippen molar-refractivity contribution in [3.8, 4) is 23.3 Å². The summed E-state index contributed by atoms with van der Waals surface area (Å²) >= 11 is 0. The third-order valence-electron chi connectivity index (χ3n) is 5.58. The molecule has 4 aromatic rings. The topological polar surface area (TPSA) is 94.1 Å². The smallest absolute Gasteiger partial charge is 0.228 e. The molecule has 7 heteroatoms. The van der Waals surface area contributed by atoms with E-state index in [1.165, 1.54) is 14.2 Å². The molecule has 1 atom stereocenters. The Kier molecular flexibility index (Phi) is 7.12. The van der Waals surface area contributed by atoms with Crippen LogP contribution in [0.5, 0.6) is 17.2 Å². The second kappa shape index (κ2) is 10.6. The maximum absolute atomic E-state index is 13.1. The van der Waals surface area contributed by atoms with Gasteiger partial charge < -0.3 is 18.6 Å². The molecule has 0 spiro atoms. The van der Waals surface area contributed by atoms with Crippen molar-refractivity contribution in [2.45, 2.75) is 6.42 Å². The fourth-order valence-electron chi connectivity index (χ4n) is 3.78. The Morgan fingerprint density at radius 3 is 2.40 bits per heavy atom. The molecule has 0 aliphatic rings. The van der Waals surface area contributed by atoms with Crippen molar-refractivity contribution < 1.29 is 23.4 Å². The lowest BCUT2D eigenvalue weighted by atomic mass is 9.97. The predicted octanol–water partition coefficient (Wildman–Crippen LogP) is 5.77. The lowest BCUT2D eigenvalue weighted by molar-refractivity contribution is 0.101. The van der Waals surface area contributed by atoms with Crippen LogP contribution in [0.2, 0.25) is 0 Å². The number of ketones is 1. The Hall–Kier alpha value is -4.57. The molecule has 0 aliphatic carbocycles. The number of hydrogen-bond donors (Lipinski definition) is 0. The summed E-state index contributed by atoms with van der Waals surface area (Å²) in [5.41, 5.74) is 2.39. The van der Waals surface area contributed by atoms with E-state index < -0.39 is 5.92 Å². The highest BCUT2D eigenvalue weighted by Crippen LogP contribution is 2.40. The van der Waals surface area contributed by atoms with Crippen molar-refractivity contribution in [2.24, 2.45) is 10.9 Å². The summed E-state index contributed by atoms with van der Waals surface area (Å²) < 4.78 is 22.2. The molecule has 1 heterocycles. The number of ether oxygens (including phenoxy) is 3. The van der Waals surface area contributed by atoms with Gasteiger partial charge in [-0.25, -0.2) is 0 Å². The number of nitrogens with zero attached hydrogens (tertiary/aromatic N) is 2. The van der Waals surface area contributed by atoms with Gasteiger partial charge in [0.25, 0.3) is 0 Å². The lowest BCUT2D eigenvalue weighted by Crippen LogP contribution is -2.04. The second-order valence-corrected chi connectivity index (χ2v) is 7.74. The quantitative estimate of drug-likeness (QED) is 0.228. The molecule has 0 fully saturated rings. The van der Waals surface area contributed by atoms with Gasteiger partial charge >= 0.3 is 0 Å². The Bertz CT molecular complexity index is 1400. The number of carbonyl (C=O) groups excluding carboxylic acids is 1. The summed E-state index contributed by atoms with van der Waals surface area (Å²) in [6, 6.07) is 22.0. The fraction of sp³-hybridized carbons (Fsp3) is 0.179. The average Bonchev–Trinajstić information content (AvgIpc) is 3.36. The summed E-state index contributed by atoms with van der Waals surface area (Å²) in [6.45, 7) is 0. The Morgan fingerprint density at radius 2 is 1.77 bits per heavy atom. The van der Waals surface area contributed by atoms with E-state index in [0.717, 1.165) is 11.3 Å². The lowest BCUT2D eigenvalue weighted by Gasteiger charge is -2.12. The SMILES string of the molecule is COc1ccc(C(=O)c2cc3c(CC(C#N)C=Nc4ccccc4)cc(OC)c(OC)c3o2)cc1. The average molecular weight is 469 g/mol. The molecule has 1 aromatic heterocycles. The third kappa shape index (κ3) is 5.02. The van der Waals surface area contributed by atoms with Crippen LogP contribution >= 0.6 is 0 Å². The van der Waals surface area contributed by atoms with E-state index in [1.807, 2.05) is 30.3 Å². The molecule has 0 aliphatic heterocycles. The number of furan rings is 1. The largest absolute Gasteiger partial charge is 0.497 e. The van der Waals surface area contributed by atoms with Crippen molar-refractivity contribution in [3.63, 3.8) is 0 Å². The van der Waals surface area contributed by atoms with Crippen molar-refractivity contribution in [2.75, 3.05) is 21.3 Å². The van der Waals surface area contributed by atoms with Crippen LogP contribution in [0.3, 0.4) is 0 Å². The number of carbonyl (C=O) groups is 1. The summed E-state index contributed by atoms with van der Waals surface area (Å²) in [5.74, 6) is 0.852. The highest BCUT2D eigenvalue weighted by atomic mass is 16.5. The number of methoxy groups -OCH3 is 3. The number of fused-ring (bicyclic) bond motifs is 1. The Morgan fingerprint density at radius 1 is 1.03 bits per heavy atom. The first-order valence-corrected chi connectivity index (χ1v) is 10.9. The molecule has 0 amide bonds. The van der Waals surface area contributed by atoms with E-state index in [9.17, 15) is 10.1 Å². The van der Waals surface area contributed by atoms with Crippen LogP contribution < -0.4 is 14.2 Å². The van der Waals surface area contributed by atoms with Crippen LogP contribution in [0.15, 0.2) is 76.1 Å². The molecule has 1 unspecified atom stereocenters. The number of hydrogen-bond acceptors (Lipinski definition) is 7. The fourth-order valence-corrected chi connectivity index (χ4v) is 3.78. The zero-order valence-electron chi connectivity index (χ0n) is 19.6. The minimum Gasteiger partial charge on any atom is -0.497 e. The first-order valence-electron chi connectivity index (χ1n) is 10.9. The monoisotopic (exact) mass is 468 g/mol. The standard InChI is InChI=1S/C28H24N2O5/c1-32-22-11-9-19(10-12-22)26(31)24-15-23-20(14-25(33-2)28(34-3)27(23)35-24)13-18(16-29)17-30-21-7-5-4-6-8-21/h4-12,14-15,17-18H,13H2,1-3H3. The Labute approximate surface area is 203 Å². The second-order valence-electron chi connectivity index (χ2n) is 7.74. The molecule has 0 bridgehead atoms. The zero-order chi connectivity index (χ0) is 24.8. The van der Waals surface area contributed by atoms with Crippen LogP contribution in [-0.4, -0.2) is 33.3 Å². The van der Waals surface area contributed by atoms with Crippen molar-refractivity contribution in [1.82, 2.24) is 0 Å². The molecular formula is C28H24N2O5. The summed E-state index contributed by atoms with van der Waals surface area (Å²) in [6.07, 6.45) is 1.97. The number of rotatable bonds is 9. The van der Waals surface area contributed by atoms with Gasteiger partial charge in [0.05, 0.1) is 39.0 Å². The van der Waals surface area contributed by atoms with Gasteiger partial charge in [0.1, 0.15) is 5.75 Å². The number of nitriles is 1. The normalized spacial score (nSPS) is 11.8. The van der Waals surface area contributed by atoms with Crippen LogP contribution in [0.4, 0.5) is 5.69 Å². The van der Waals surface area contributed by atoms with Crippen molar-refractivity contribution in [1.29, 1.82) is 5.26 Å². The van der Waals surface area contributed by atoms with Crippen LogP contribution in [0.25, 0.3) is 11.0 Å². The molecule has 176 valence electrons. The van der Waals surface area contributed by atoms with Crippen LogP contribution in [-0.2, 0) is 6.42 Å². The van der Waals surface area contributed by atoms with E-state index >= 15 is 0 Å². The number of aliphatic imine (C=N–C) groups is 1. The summed E-state index contributed by atoms with van der Waals surface area (Å²) in [7, 11) is 4.60. The summed E-state index contributed by atoms with van der Waals surface area (Å²) in [4.78, 5) is 17.6.